The number of halogens is 1. The molecule has 0 aromatic heterocycles. The summed E-state index contributed by atoms with van der Waals surface area (Å²) in [6.45, 7) is 6.10. The molecule has 4 heteroatoms. The molecule has 3 nitrogen and oxygen atoms in total. The number of guanidine groups is 1. The predicted octanol–water partition coefficient (Wildman–Crippen LogP) is 3.06. The van der Waals surface area contributed by atoms with Crippen molar-refractivity contribution in [1.82, 2.24) is 4.90 Å². The van der Waals surface area contributed by atoms with Crippen molar-refractivity contribution in [3.63, 3.8) is 0 Å². The lowest BCUT2D eigenvalue weighted by Crippen LogP contribution is -2.36. The maximum Gasteiger partial charge on any atom is 0.191 e. The Balaban J connectivity index is 2.82. The number of benzene rings is 1. The van der Waals surface area contributed by atoms with Crippen molar-refractivity contribution in [2.75, 3.05) is 7.05 Å². The van der Waals surface area contributed by atoms with Gasteiger partial charge in [0.15, 0.2) is 5.96 Å². The van der Waals surface area contributed by atoms with Gasteiger partial charge in [0.25, 0.3) is 0 Å². The molecule has 0 aliphatic heterocycles. The quantitative estimate of drug-likeness (QED) is 0.665. The molecule has 0 amide bonds. The van der Waals surface area contributed by atoms with Gasteiger partial charge in [-0.3, -0.25) is 4.99 Å². The number of hydrogen-bond acceptors (Lipinski definition) is 1. The Labute approximate surface area is 108 Å². The summed E-state index contributed by atoms with van der Waals surface area (Å²) in [5, 5.41) is 0.743. The van der Waals surface area contributed by atoms with Gasteiger partial charge in [-0.15, -0.1) is 0 Å². The molecule has 0 fully saturated rings. The highest BCUT2D eigenvalue weighted by molar-refractivity contribution is 6.30. The molecule has 1 atom stereocenters. The first kappa shape index (κ1) is 13.8. The Morgan fingerprint density at radius 1 is 1.24 bits per heavy atom. The maximum absolute atomic E-state index is 5.94. The van der Waals surface area contributed by atoms with Gasteiger partial charge in [-0.2, -0.15) is 0 Å². The lowest BCUT2D eigenvalue weighted by atomic mass is 10.1. The van der Waals surface area contributed by atoms with Crippen molar-refractivity contribution in [3.8, 4) is 0 Å². The largest absolute Gasteiger partial charge is 0.370 e. The molecule has 0 bridgehead atoms. The molecule has 0 aliphatic carbocycles. The number of hydrogen-bond donors (Lipinski definition) is 1. The van der Waals surface area contributed by atoms with Crippen LogP contribution >= 0.6 is 11.6 Å². The van der Waals surface area contributed by atoms with Crippen LogP contribution in [0.3, 0.4) is 0 Å². The van der Waals surface area contributed by atoms with E-state index in [4.69, 9.17) is 17.3 Å². The van der Waals surface area contributed by atoms with Crippen molar-refractivity contribution in [1.29, 1.82) is 0 Å². The van der Waals surface area contributed by atoms with Crippen LogP contribution < -0.4 is 5.73 Å². The third kappa shape index (κ3) is 3.93. The molecule has 2 N–H and O–H groups in total. The van der Waals surface area contributed by atoms with Gasteiger partial charge in [-0.1, -0.05) is 23.7 Å². The Kier molecular flexibility index (Phi) is 4.82. The van der Waals surface area contributed by atoms with Crippen molar-refractivity contribution in [2.45, 2.75) is 32.9 Å². The van der Waals surface area contributed by atoms with Crippen LogP contribution in [0, 0.1) is 0 Å². The Morgan fingerprint density at radius 2 is 1.76 bits per heavy atom. The molecule has 0 saturated carbocycles. The fourth-order valence-corrected chi connectivity index (χ4v) is 1.64. The van der Waals surface area contributed by atoms with E-state index in [1.165, 1.54) is 5.56 Å². The molecule has 0 radical (unpaired) electrons. The summed E-state index contributed by atoms with van der Waals surface area (Å²) in [5.74, 6) is 0.558. The average molecular weight is 254 g/mol. The zero-order valence-electron chi connectivity index (χ0n) is 10.8. The monoisotopic (exact) mass is 253 g/mol. The third-order valence-electron chi connectivity index (χ3n) is 2.69. The fraction of sp³-hybridized carbons (Fsp3) is 0.462. The van der Waals surface area contributed by atoms with Crippen LogP contribution in [-0.2, 0) is 0 Å². The van der Waals surface area contributed by atoms with Crippen LogP contribution in [0.15, 0.2) is 29.3 Å². The first-order valence-corrected chi connectivity index (χ1v) is 6.11. The Morgan fingerprint density at radius 3 is 2.24 bits per heavy atom. The van der Waals surface area contributed by atoms with Crippen molar-refractivity contribution in [3.05, 3.63) is 34.9 Å². The van der Waals surface area contributed by atoms with Crippen LogP contribution in [0.1, 0.15) is 32.4 Å². The zero-order chi connectivity index (χ0) is 13.0. The van der Waals surface area contributed by atoms with E-state index in [0.717, 1.165) is 5.02 Å². The first-order chi connectivity index (χ1) is 7.91. The van der Waals surface area contributed by atoms with Crippen molar-refractivity contribution < 1.29 is 0 Å². The van der Waals surface area contributed by atoms with Gasteiger partial charge in [0, 0.05) is 18.1 Å². The van der Waals surface area contributed by atoms with Gasteiger partial charge in [0.1, 0.15) is 0 Å². The second-order valence-electron chi connectivity index (χ2n) is 4.42. The fourth-order valence-electron chi connectivity index (χ4n) is 1.52. The highest BCUT2D eigenvalue weighted by Gasteiger charge is 2.13. The second kappa shape index (κ2) is 5.92. The predicted molar refractivity (Wildman–Crippen MR) is 74.4 cm³/mol. The normalized spacial score (nSPS) is 13.9. The third-order valence-corrected chi connectivity index (χ3v) is 2.94. The summed E-state index contributed by atoms with van der Waals surface area (Å²) in [6, 6.07) is 8.16. The SMILES string of the molecule is CC(C)N=C(N)N(C)C(C)c1ccc(Cl)cc1. The van der Waals surface area contributed by atoms with E-state index >= 15 is 0 Å². The van der Waals surface area contributed by atoms with Gasteiger partial charge < -0.3 is 10.6 Å². The molecule has 1 unspecified atom stereocenters. The summed E-state index contributed by atoms with van der Waals surface area (Å²) in [4.78, 5) is 6.30. The molecule has 1 aromatic carbocycles. The summed E-state index contributed by atoms with van der Waals surface area (Å²) in [7, 11) is 1.94. The molecule has 17 heavy (non-hydrogen) atoms. The van der Waals surface area contributed by atoms with E-state index in [-0.39, 0.29) is 12.1 Å². The number of nitrogens with zero attached hydrogens (tertiary/aromatic N) is 2. The first-order valence-electron chi connectivity index (χ1n) is 5.73. The zero-order valence-corrected chi connectivity index (χ0v) is 11.6. The van der Waals surface area contributed by atoms with E-state index in [2.05, 4.69) is 11.9 Å². The lowest BCUT2D eigenvalue weighted by Gasteiger charge is -2.26. The molecule has 0 aliphatic rings. The minimum absolute atomic E-state index is 0.176. The van der Waals surface area contributed by atoms with Crippen LogP contribution in [-0.4, -0.2) is 23.9 Å². The van der Waals surface area contributed by atoms with E-state index in [9.17, 15) is 0 Å². The number of rotatable bonds is 3. The topological polar surface area (TPSA) is 41.6 Å². The van der Waals surface area contributed by atoms with Crippen molar-refractivity contribution in [2.24, 2.45) is 10.7 Å². The molecule has 0 saturated heterocycles. The maximum atomic E-state index is 5.94. The van der Waals surface area contributed by atoms with E-state index < -0.39 is 0 Å². The molecule has 94 valence electrons. The van der Waals surface area contributed by atoms with Crippen LogP contribution in [0.5, 0.6) is 0 Å². The van der Waals surface area contributed by atoms with Gasteiger partial charge >= 0.3 is 0 Å². The number of aliphatic imine (C=N–C) groups is 1. The average Bonchev–Trinajstić information content (AvgIpc) is 2.27. The second-order valence-corrected chi connectivity index (χ2v) is 4.86. The van der Waals surface area contributed by atoms with Gasteiger partial charge in [0.2, 0.25) is 0 Å². The van der Waals surface area contributed by atoms with Gasteiger partial charge in [0.05, 0.1) is 6.04 Å². The minimum Gasteiger partial charge on any atom is -0.370 e. The van der Waals surface area contributed by atoms with Gasteiger partial charge in [-0.25, -0.2) is 0 Å². The minimum atomic E-state index is 0.176. The van der Waals surface area contributed by atoms with Gasteiger partial charge in [-0.05, 0) is 38.5 Å². The van der Waals surface area contributed by atoms with Crippen LogP contribution in [0.25, 0.3) is 0 Å². The van der Waals surface area contributed by atoms with E-state index in [1.54, 1.807) is 0 Å². The summed E-state index contributed by atoms with van der Waals surface area (Å²) in [5.41, 5.74) is 7.10. The Hall–Kier alpha value is -1.22. The van der Waals surface area contributed by atoms with Crippen LogP contribution in [0.4, 0.5) is 0 Å². The smallest absolute Gasteiger partial charge is 0.191 e. The van der Waals surface area contributed by atoms with Crippen LogP contribution in [0.2, 0.25) is 5.02 Å². The highest BCUT2D eigenvalue weighted by Crippen LogP contribution is 2.20. The standard InChI is InChI=1S/C13H20ClN3/c1-9(2)16-13(15)17(4)10(3)11-5-7-12(14)8-6-11/h5-10H,1-4H3,(H2,15,16). The number of nitrogens with two attached hydrogens (primary N) is 1. The molecular weight excluding hydrogens is 234 g/mol. The lowest BCUT2D eigenvalue weighted by molar-refractivity contribution is 0.395. The molecule has 1 aromatic rings. The van der Waals surface area contributed by atoms with E-state index in [0.29, 0.717) is 5.96 Å². The molecule has 0 spiro atoms. The Bertz CT molecular complexity index is 384. The highest BCUT2D eigenvalue weighted by atomic mass is 35.5. The molecular formula is C13H20ClN3. The summed E-state index contributed by atoms with van der Waals surface area (Å²) in [6.07, 6.45) is 0. The summed E-state index contributed by atoms with van der Waals surface area (Å²) >= 11 is 5.87. The van der Waals surface area contributed by atoms with E-state index in [1.807, 2.05) is 50.1 Å². The summed E-state index contributed by atoms with van der Waals surface area (Å²) < 4.78 is 0. The van der Waals surface area contributed by atoms with Crippen molar-refractivity contribution >= 4 is 17.6 Å². The molecule has 1 rings (SSSR count). The molecule has 0 heterocycles.